The summed E-state index contributed by atoms with van der Waals surface area (Å²) in [6.45, 7) is 3.13. The van der Waals surface area contributed by atoms with Crippen LogP contribution in [0.25, 0.3) is 0 Å². The minimum Gasteiger partial charge on any atom is -0.465 e. The molecular formula is C39H44O13. The van der Waals surface area contributed by atoms with Gasteiger partial charge in [-0.3, -0.25) is 24.0 Å². The van der Waals surface area contributed by atoms with Gasteiger partial charge in [0.25, 0.3) is 0 Å². The SMILES string of the molecule is C=CC(=O)OCCOC(=O)CCC(=O)OCCc1ccc(OC(=O)C2CCC(C(=O)Oc3ccc(OC(=O)C4CCC(C=O)CC4)cc3)CC2)cc1. The van der Waals surface area contributed by atoms with Crippen LogP contribution in [0.5, 0.6) is 17.2 Å². The van der Waals surface area contributed by atoms with E-state index in [-0.39, 0.29) is 74.2 Å². The van der Waals surface area contributed by atoms with Crippen LogP contribution >= 0.6 is 0 Å². The number of carbonyl (C=O) groups excluding carboxylic acids is 7. The zero-order valence-electron chi connectivity index (χ0n) is 29.0. The monoisotopic (exact) mass is 720 g/mol. The Morgan fingerprint density at radius 3 is 1.37 bits per heavy atom. The second-order valence-corrected chi connectivity index (χ2v) is 12.7. The van der Waals surface area contributed by atoms with Crippen LogP contribution in [-0.2, 0) is 54.2 Å². The Kier molecular flexibility index (Phi) is 15.6. The molecule has 278 valence electrons. The quantitative estimate of drug-likeness (QED) is 0.0531. The zero-order chi connectivity index (χ0) is 37.3. The van der Waals surface area contributed by atoms with E-state index in [9.17, 15) is 33.6 Å². The Labute approximate surface area is 301 Å². The third-order valence-corrected chi connectivity index (χ3v) is 9.04. The molecule has 13 nitrogen and oxygen atoms in total. The molecule has 0 bridgehead atoms. The van der Waals surface area contributed by atoms with Gasteiger partial charge in [-0.1, -0.05) is 18.7 Å². The van der Waals surface area contributed by atoms with Crippen molar-refractivity contribution in [3.05, 3.63) is 66.7 Å². The molecule has 0 heterocycles. The Hall–Kier alpha value is -5.33. The minimum absolute atomic E-state index is 0.0171. The first kappa shape index (κ1) is 39.5. The number of carbonyl (C=O) groups is 7. The molecular weight excluding hydrogens is 676 g/mol. The highest BCUT2D eigenvalue weighted by Gasteiger charge is 2.32. The molecule has 0 radical (unpaired) electrons. The Bertz CT molecular complexity index is 1550. The van der Waals surface area contributed by atoms with Gasteiger partial charge in [0, 0.05) is 18.4 Å². The molecule has 2 aromatic carbocycles. The lowest BCUT2D eigenvalue weighted by molar-refractivity contribution is -0.152. The fraction of sp³-hybridized carbons (Fsp3) is 0.462. The third-order valence-electron chi connectivity index (χ3n) is 9.04. The van der Waals surface area contributed by atoms with E-state index in [1.165, 1.54) is 0 Å². The average molecular weight is 721 g/mol. The summed E-state index contributed by atoms with van der Waals surface area (Å²) in [6, 6.07) is 13.1. The van der Waals surface area contributed by atoms with E-state index in [0.29, 0.717) is 75.0 Å². The van der Waals surface area contributed by atoms with Crippen molar-refractivity contribution in [3.63, 3.8) is 0 Å². The van der Waals surface area contributed by atoms with Crippen molar-refractivity contribution < 1.29 is 62.0 Å². The van der Waals surface area contributed by atoms with E-state index in [2.05, 4.69) is 11.3 Å². The van der Waals surface area contributed by atoms with Gasteiger partial charge in [-0.25, -0.2) is 4.79 Å². The van der Waals surface area contributed by atoms with Crippen molar-refractivity contribution in [1.82, 2.24) is 0 Å². The maximum Gasteiger partial charge on any atom is 0.330 e. The normalized spacial score (nSPS) is 19.6. The van der Waals surface area contributed by atoms with Gasteiger partial charge in [0.2, 0.25) is 0 Å². The molecule has 2 fully saturated rings. The second kappa shape index (κ2) is 20.5. The number of esters is 6. The van der Waals surface area contributed by atoms with Crippen molar-refractivity contribution >= 4 is 42.1 Å². The first-order valence-corrected chi connectivity index (χ1v) is 17.5. The molecule has 2 aliphatic rings. The summed E-state index contributed by atoms with van der Waals surface area (Å²) < 4.78 is 31.3. The fourth-order valence-electron chi connectivity index (χ4n) is 5.94. The molecule has 0 saturated heterocycles. The Balaban J connectivity index is 1.08. The molecule has 2 aromatic rings. The van der Waals surface area contributed by atoms with Crippen molar-refractivity contribution in [2.45, 2.75) is 70.6 Å². The highest BCUT2D eigenvalue weighted by molar-refractivity contribution is 5.81. The largest absolute Gasteiger partial charge is 0.465 e. The van der Waals surface area contributed by atoms with Crippen molar-refractivity contribution in [1.29, 1.82) is 0 Å². The molecule has 0 unspecified atom stereocenters. The van der Waals surface area contributed by atoms with Crippen molar-refractivity contribution in [2.24, 2.45) is 23.7 Å². The van der Waals surface area contributed by atoms with Gasteiger partial charge in [-0.2, -0.15) is 0 Å². The summed E-state index contributed by atoms with van der Waals surface area (Å²) >= 11 is 0. The summed E-state index contributed by atoms with van der Waals surface area (Å²) in [5.74, 6) is -2.70. The molecule has 2 aliphatic carbocycles. The van der Waals surface area contributed by atoms with Gasteiger partial charge in [-0.15, -0.1) is 0 Å². The summed E-state index contributed by atoms with van der Waals surface area (Å²) in [5.41, 5.74) is 0.852. The smallest absolute Gasteiger partial charge is 0.330 e. The third kappa shape index (κ3) is 13.1. The minimum atomic E-state index is -0.622. The molecule has 13 heteroatoms. The summed E-state index contributed by atoms with van der Waals surface area (Å²) in [7, 11) is 0. The predicted molar refractivity (Wildman–Crippen MR) is 183 cm³/mol. The first-order chi connectivity index (χ1) is 25.1. The first-order valence-electron chi connectivity index (χ1n) is 17.5. The fourth-order valence-corrected chi connectivity index (χ4v) is 5.94. The van der Waals surface area contributed by atoms with E-state index in [0.717, 1.165) is 17.9 Å². The highest BCUT2D eigenvalue weighted by atomic mass is 16.6. The number of benzene rings is 2. The lowest BCUT2D eigenvalue weighted by Crippen LogP contribution is -2.30. The molecule has 4 rings (SSSR count). The Morgan fingerprint density at radius 1 is 0.558 bits per heavy atom. The van der Waals surface area contributed by atoms with Gasteiger partial charge in [-0.05, 0) is 93.3 Å². The maximum absolute atomic E-state index is 12.8. The van der Waals surface area contributed by atoms with Crippen LogP contribution in [0, 0.1) is 23.7 Å². The lowest BCUT2D eigenvalue weighted by atomic mass is 9.82. The number of rotatable bonds is 17. The highest BCUT2D eigenvalue weighted by Crippen LogP contribution is 2.32. The molecule has 0 aromatic heterocycles. The van der Waals surface area contributed by atoms with Gasteiger partial charge >= 0.3 is 35.8 Å². The van der Waals surface area contributed by atoms with Crippen LogP contribution < -0.4 is 14.2 Å². The second-order valence-electron chi connectivity index (χ2n) is 12.7. The molecule has 0 N–H and O–H groups in total. The molecule has 0 atom stereocenters. The molecule has 0 spiro atoms. The van der Waals surface area contributed by atoms with Gasteiger partial charge in [0.15, 0.2) is 0 Å². The summed E-state index contributed by atoms with van der Waals surface area (Å²) in [4.78, 5) is 83.6. The van der Waals surface area contributed by atoms with E-state index in [4.69, 9.17) is 23.7 Å². The number of aldehydes is 1. The lowest BCUT2D eigenvalue weighted by Gasteiger charge is -2.25. The summed E-state index contributed by atoms with van der Waals surface area (Å²) in [5, 5.41) is 0. The number of ether oxygens (including phenoxy) is 6. The molecule has 0 amide bonds. The number of hydrogen-bond donors (Lipinski definition) is 0. The van der Waals surface area contributed by atoms with Crippen LogP contribution in [0.2, 0.25) is 0 Å². The van der Waals surface area contributed by atoms with Crippen molar-refractivity contribution in [2.75, 3.05) is 19.8 Å². The van der Waals surface area contributed by atoms with Gasteiger partial charge in [0.05, 0.1) is 37.2 Å². The van der Waals surface area contributed by atoms with Gasteiger partial charge < -0.3 is 33.2 Å². The van der Waals surface area contributed by atoms with Crippen molar-refractivity contribution in [3.8, 4) is 17.2 Å². The van der Waals surface area contributed by atoms with Crippen LogP contribution in [0.3, 0.4) is 0 Å². The van der Waals surface area contributed by atoms with E-state index in [1.54, 1.807) is 48.5 Å². The number of hydrogen-bond acceptors (Lipinski definition) is 13. The van der Waals surface area contributed by atoms with Crippen LogP contribution in [0.1, 0.15) is 69.8 Å². The van der Waals surface area contributed by atoms with E-state index in [1.807, 2.05) is 0 Å². The van der Waals surface area contributed by atoms with Crippen LogP contribution in [-0.4, -0.2) is 61.9 Å². The predicted octanol–water partition coefficient (Wildman–Crippen LogP) is 5.05. The topological polar surface area (TPSA) is 175 Å². The Morgan fingerprint density at radius 2 is 0.942 bits per heavy atom. The van der Waals surface area contributed by atoms with E-state index >= 15 is 0 Å². The van der Waals surface area contributed by atoms with E-state index < -0.39 is 17.9 Å². The molecule has 52 heavy (non-hydrogen) atoms. The van der Waals surface area contributed by atoms with Gasteiger partial charge in [0.1, 0.15) is 36.7 Å². The van der Waals surface area contributed by atoms with Crippen LogP contribution in [0.4, 0.5) is 0 Å². The summed E-state index contributed by atoms with van der Waals surface area (Å²) in [6.07, 6.45) is 6.60. The maximum atomic E-state index is 12.8. The standard InChI is InChI=1S/C39H44O13/c1-2-34(41)48-23-24-49-36(43)20-19-35(42)47-22-21-26-5-13-31(14-6-26)50-38(45)29-9-11-30(12-10-29)39(46)52-33-17-15-32(16-18-33)51-37(44)28-7-3-27(25-40)4-8-28/h2,5-6,13-18,25,27-30H,1,3-4,7-12,19-24H2. The zero-order valence-corrected chi connectivity index (χ0v) is 29.0. The average Bonchev–Trinajstić information content (AvgIpc) is 3.17. The van der Waals surface area contributed by atoms with Crippen LogP contribution in [0.15, 0.2) is 61.2 Å². The molecule has 2 saturated carbocycles. The molecule has 0 aliphatic heterocycles.